The third-order valence-corrected chi connectivity index (χ3v) is 4.38. The molecule has 2 rings (SSSR count). The van der Waals surface area contributed by atoms with Crippen LogP contribution in [-0.4, -0.2) is 34.5 Å². The highest BCUT2D eigenvalue weighted by Gasteiger charge is 2.43. The van der Waals surface area contributed by atoms with Gasteiger partial charge in [0.15, 0.2) is 0 Å². The van der Waals surface area contributed by atoms with E-state index in [-0.39, 0.29) is 6.54 Å². The van der Waals surface area contributed by atoms with E-state index in [1.165, 1.54) is 6.42 Å². The number of hydrogen-bond donors (Lipinski definition) is 0. The molecule has 2 aliphatic heterocycles. The second-order valence-corrected chi connectivity index (χ2v) is 5.63. The quantitative estimate of drug-likeness (QED) is 0.704. The molecule has 0 aromatic carbocycles. The summed E-state index contributed by atoms with van der Waals surface area (Å²) in [7, 11) is 0. The van der Waals surface area contributed by atoms with Gasteiger partial charge >= 0.3 is 6.18 Å². The van der Waals surface area contributed by atoms with E-state index >= 15 is 0 Å². The van der Waals surface area contributed by atoms with E-state index in [2.05, 4.69) is 20.8 Å². The maximum Gasteiger partial charge on any atom is 0.402 e. The SMILES string of the molecule is FC(F)(F)C(Br)CN1C2CCCC1CC2. The van der Waals surface area contributed by atoms with Crippen molar-refractivity contribution in [2.45, 2.75) is 55.2 Å². The average molecular weight is 286 g/mol. The van der Waals surface area contributed by atoms with Gasteiger partial charge in [-0.15, -0.1) is 0 Å². The molecule has 3 unspecified atom stereocenters. The first-order chi connectivity index (χ1) is 6.98. The molecule has 15 heavy (non-hydrogen) atoms. The van der Waals surface area contributed by atoms with Gasteiger partial charge in [-0.2, -0.15) is 13.2 Å². The number of piperidine rings is 1. The van der Waals surface area contributed by atoms with Gasteiger partial charge in [-0.1, -0.05) is 22.4 Å². The smallest absolute Gasteiger partial charge is 0.296 e. The second kappa shape index (κ2) is 4.24. The van der Waals surface area contributed by atoms with Crippen LogP contribution in [0.3, 0.4) is 0 Å². The molecule has 2 heterocycles. The minimum atomic E-state index is -4.11. The summed E-state index contributed by atoms with van der Waals surface area (Å²) in [5, 5.41) is 0. The molecule has 2 fully saturated rings. The van der Waals surface area contributed by atoms with Crippen LogP contribution in [0.25, 0.3) is 0 Å². The van der Waals surface area contributed by atoms with E-state index in [0.29, 0.717) is 12.1 Å². The third-order valence-electron chi connectivity index (χ3n) is 3.57. The largest absolute Gasteiger partial charge is 0.402 e. The van der Waals surface area contributed by atoms with Gasteiger partial charge in [-0.3, -0.25) is 4.90 Å². The fourth-order valence-electron chi connectivity index (χ4n) is 2.81. The Kier molecular flexibility index (Phi) is 3.31. The molecule has 2 aliphatic rings. The molecule has 0 spiro atoms. The minimum Gasteiger partial charge on any atom is -0.296 e. The summed E-state index contributed by atoms with van der Waals surface area (Å²) in [6.07, 6.45) is 1.40. The number of alkyl halides is 4. The summed E-state index contributed by atoms with van der Waals surface area (Å²) >= 11 is 2.75. The zero-order chi connectivity index (χ0) is 11.1. The number of rotatable bonds is 2. The van der Waals surface area contributed by atoms with Gasteiger partial charge in [-0.25, -0.2) is 0 Å². The van der Waals surface area contributed by atoms with Gasteiger partial charge in [0.05, 0.1) is 0 Å². The molecule has 88 valence electrons. The Bertz CT molecular complexity index is 215. The summed E-state index contributed by atoms with van der Waals surface area (Å²) in [6, 6.07) is 0.817. The maximum absolute atomic E-state index is 12.4. The minimum absolute atomic E-state index is 0.124. The van der Waals surface area contributed by atoms with Crippen LogP contribution in [0.15, 0.2) is 0 Å². The van der Waals surface area contributed by atoms with Crippen molar-refractivity contribution in [3.63, 3.8) is 0 Å². The van der Waals surface area contributed by atoms with Crippen molar-refractivity contribution in [2.75, 3.05) is 6.54 Å². The number of nitrogens with zero attached hydrogens (tertiary/aromatic N) is 1. The van der Waals surface area contributed by atoms with Crippen LogP contribution < -0.4 is 0 Å². The first kappa shape index (κ1) is 11.7. The lowest BCUT2D eigenvalue weighted by Crippen LogP contribution is -2.45. The Hall–Kier alpha value is 0.230. The summed E-state index contributed by atoms with van der Waals surface area (Å²) in [5.74, 6) is 0. The number of hydrogen-bond acceptors (Lipinski definition) is 1. The third kappa shape index (κ3) is 2.49. The molecule has 3 atom stereocenters. The van der Waals surface area contributed by atoms with Crippen molar-refractivity contribution in [3.05, 3.63) is 0 Å². The van der Waals surface area contributed by atoms with Crippen LogP contribution in [0, 0.1) is 0 Å². The Morgan fingerprint density at radius 1 is 1.13 bits per heavy atom. The van der Waals surface area contributed by atoms with Crippen LogP contribution in [0.2, 0.25) is 0 Å². The molecule has 0 aliphatic carbocycles. The highest BCUT2D eigenvalue weighted by Crippen LogP contribution is 2.37. The Morgan fingerprint density at radius 2 is 1.67 bits per heavy atom. The number of fused-ring (bicyclic) bond motifs is 2. The molecule has 0 aromatic heterocycles. The first-order valence-electron chi connectivity index (χ1n) is 5.45. The Balaban J connectivity index is 1.95. The lowest BCUT2D eigenvalue weighted by Gasteiger charge is -2.36. The molecular formula is C10H15BrF3N. The molecule has 1 nitrogen and oxygen atoms in total. The van der Waals surface area contributed by atoms with E-state index < -0.39 is 11.0 Å². The van der Waals surface area contributed by atoms with Crippen molar-refractivity contribution in [2.24, 2.45) is 0 Å². The fraction of sp³-hybridized carbons (Fsp3) is 1.00. The zero-order valence-corrected chi connectivity index (χ0v) is 10.0. The fourth-order valence-corrected chi connectivity index (χ4v) is 3.15. The van der Waals surface area contributed by atoms with Crippen molar-refractivity contribution in [3.8, 4) is 0 Å². The highest BCUT2D eigenvalue weighted by molar-refractivity contribution is 9.09. The first-order valence-corrected chi connectivity index (χ1v) is 6.36. The maximum atomic E-state index is 12.4. The van der Waals surface area contributed by atoms with Gasteiger partial charge in [0.25, 0.3) is 0 Å². The van der Waals surface area contributed by atoms with Gasteiger partial charge in [0.1, 0.15) is 4.83 Å². The molecule has 0 amide bonds. The summed E-state index contributed by atoms with van der Waals surface area (Å²) in [4.78, 5) is 0.697. The molecule has 2 saturated heterocycles. The van der Waals surface area contributed by atoms with E-state index in [0.717, 1.165) is 25.7 Å². The van der Waals surface area contributed by atoms with E-state index in [1.807, 2.05) is 0 Å². The standard InChI is InChI=1S/C10H15BrF3N/c11-9(10(12,13)14)6-15-7-2-1-3-8(15)5-4-7/h7-9H,1-6H2. The van der Waals surface area contributed by atoms with Gasteiger partial charge in [0, 0.05) is 18.6 Å². The lowest BCUT2D eigenvalue weighted by molar-refractivity contribution is -0.132. The van der Waals surface area contributed by atoms with Crippen molar-refractivity contribution in [1.29, 1.82) is 0 Å². The van der Waals surface area contributed by atoms with Crippen molar-refractivity contribution in [1.82, 2.24) is 4.90 Å². The summed E-state index contributed by atoms with van der Waals surface area (Å²) in [5.41, 5.74) is 0. The number of halogens is 4. The zero-order valence-electron chi connectivity index (χ0n) is 8.43. The Morgan fingerprint density at radius 3 is 2.13 bits per heavy atom. The van der Waals surface area contributed by atoms with Crippen LogP contribution >= 0.6 is 15.9 Å². The predicted molar refractivity (Wildman–Crippen MR) is 56.1 cm³/mol. The average Bonchev–Trinajstić information content (AvgIpc) is 2.38. The molecule has 0 saturated carbocycles. The van der Waals surface area contributed by atoms with Gasteiger partial charge < -0.3 is 0 Å². The monoisotopic (exact) mass is 285 g/mol. The van der Waals surface area contributed by atoms with Gasteiger partial charge in [-0.05, 0) is 25.7 Å². The van der Waals surface area contributed by atoms with Gasteiger partial charge in [0.2, 0.25) is 0 Å². The topological polar surface area (TPSA) is 3.24 Å². The molecule has 0 aromatic rings. The summed E-state index contributed by atoms with van der Waals surface area (Å²) < 4.78 is 37.2. The predicted octanol–water partition coefficient (Wildman–Crippen LogP) is 3.33. The molecule has 5 heteroatoms. The van der Waals surface area contributed by atoms with Crippen LogP contribution in [0.4, 0.5) is 13.2 Å². The highest BCUT2D eigenvalue weighted by atomic mass is 79.9. The molecular weight excluding hydrogens is 271 g/mol. The summed E-state index contributed by atoms with van der Waals surface area (Å²) in [6.45, 7) is 0.124. The van der Waals surface area contributed by atoms with Crippen molar-refractivity contribution < 1.29 is 13.2 Å². The molecule has 2 bridgehead atoms. The lowest BCUT2D eigenvalue weighted by atomic mass is 10.0. The Labute approximate surface area is 96.1 Å². The van der Waals surface area contributed by atoms with E-state index in [9.17, 15) is 13.2 Å². The molecule has 0 N–H and O–H groups in total. The molecule has 0 radical (unpaired) electrons. The van der Waals surface area contributed by atoms with Crippen LogP contribution in [-0.2, 0) is 0 Å². The van der Waals surface area contributed by atoms with Crippen molar-refractivity contribution >= 4 is 15.9 Å². The van der Waals surface area contributed by atoms with E-state index in [1.54, 1.807) is 0 Å². The normalized spacial score (nSPS) is 34.4. The second-order valence-electron chi connectivity index (χ2n) is 4.52. The van der Waals surface area contributed by atoms with Crippen LogP contribution in [0.5, 0.6) is 0 Å². The van der Waals surface area contributed by atoms with E-state index in [4.69, 9.17) is 0 Å². The van der Waals surface area contributed by atoms with Crippen LogP contribution in [0.1, 0.15) is 32.1 Å².